The molecule has 0 saturated carbocycles. The number of carbonyl (C=O) groups excluding carboxylic acids is 2. The Labute approximate surface area is 162 Å². The Hall–Kier alpha value is -3.73. The van der Waals surface area contributed by atoms with Gasteiger partial charge < -0.3 is 9.47 Å². The van der Waals surface area contributed by atoms with E-state index >= 15 is 0 Å². The summed E-state index contributed by atoms with van der Waals surface area (Å²) in [6, 6.07) is 14.3. The molecule has 4 rings (SSSR count). The van der Waals surface area contributed by atoms with Gasteiger partial charge >= 0.3 is 5.97 Å². The van der Waals surface area contributed by atoms with Crippen LogP contribution in [0, 0.1) is 13.8 Å². The number of allylic oxidation sites excluding steroid dienone is 1. The zero-order valence-corrected chi connectivity index (χ0v) is 15.4. The Balaban J connectivity index is 1.61. The van der Waals surface area contributed by atoms with Gasteiger partial charge in [0.05, 0.1) is 11.1 Å². The quantitative estimate of drug-likeness (QED) is 0.384. The minimum absolute atomic E-state index is 0.191. The number of fused-ring (bicyclic) bond motifs is 1. The molecule has 3 aromatic rings. The zero-order valence-electron chi connectivity index (χ0n) is 15.4. The molecule has 0 saturated heterocycles. The highest BCUT2D eigenvalue weighted by Gasteiger charge is 2.30. The van der Waals surface area contributed by atoms with E-state index in [2.05, 4.69) is 4.98 Å². The highest BCUT2D eigenvalue weighted by Crippen LogP contribution is 2.39. The van der Waals surface area contributed by atoms with Crippen LogP contribution in [0.4, 0.5) is 0 Å². The number of carbonyl (C=O) groups is 2. The number of benzene rings is 2. The minimum atomic E-state index is -0.518. The lowest BCUT2D eigenvalue weighted by Gasteiger charge is -2.10. The van der Waals surface area contributed by atoms with Crippen LogP contribution >= 0.6 is 0 Å². The molecule has 5 heteroatoms. The van der Waals surface area contributed by atoms with E-state index in [4.69, 9.17) is 9.47 Å². The Morgan fingerprint density at radius 1 is 1.07 bits per heavy atom. The van der Waals surface area contributed by atoms with Crippen molar-refractivity contribution in [1.29, 1.82) is 0 Å². The highest BCUT2D eigenvalue weighted by atomic mass is 16.5. The average Bonchev–Trinajstić information content (AvgIpc) is 3.03. The second-order valence-corrected chi connectivity index (χ2v) is 6.55. The van der Waals surface area contributed by atoms with Crippen molar-refractivity contribution in [3.63, 3.8) is 0 Å². The van der Waals surface area contributed by atoms with Crippen LogP contribution in [0.15, 0.2) is 66.7 Å². The Morgan fingerprint density at radius 3 is 2.57 bits per heavy atom. The van der Waals surface area contributed by atoms with E-state index in [9.17, 15) is 9.59 Å². The van der Waals surface area contributed by atoms with Crippen LogP contribution in [0.3, 0.4) is 0 Å². The zero-order chi connectivity index (χ0) is 19.7. The smallest absolute Gasteiger partial charge is 0.345 e. The monoisotopic (exact) mass is 371 g/mol. The van der Waals surface area contributed by atoms with Crippen molar-refractivity contribution in [3.05, 3.63) is 94.5 Å². The van der Waals surface area contributed by atoms with Gasteiger partial charge in [-0.05, 0) is 49.8 Å². The first kappa shape index (κ1) is 17.7. The van der Waals surface area contributed by atoms with Gasteiger partial charge in [0.15, 0.2) is 5.76 Å². The van der Waals surface area contributed by atoms with Crippen LogP contribution < -0.4 is 9.47 Å². The summed E-state index contributed by atoms with van der Waals surface area (Å²) in [6.07, 6.45) is 4.73. The second-order valence-electron chi connectivity index (χ2n) is 6.55. The maximum Gasteiger partial charge on any atom is 0.345 e. The van der Waals surface area contributed by atoms with Gasteiger partial charge in [-0.15, -0.1) is 0 Å². The van der Waals surface area contributed by atoms with Gasteiger partial charge in [0.1, 0.15) is 11.5 Å². The predicted octanol–water partition coefficient (Wildman–Crippen LogP) is 4.53. The fourth-order valence-corrected chi connectivity index (χ4v) is 2.93. The molecule has 0 spiro atoms. The normalized spacial score (nSPS) is 13.9. The lowest BCUT2D eigenvalue weighted by atomic mass is 10.1. The van der Waals surface area contributed by atoms with Crippen molar-refractivity contribution in [2.24, 2.45) is 0 Å². The Morgan fingerprint density at radius 2 is 1.86 bits per heavy atom. The van der Waals surface area contributed by atoms with E-state index in [1.54, 1.807) is 43.5 Å². The fourth-order valence-electron chi connectivity index (χ4n) is 2.93. The summed E-state index contributed by atoms with van der Waals surface area (Å²) in [7, 11) is 0. The summed E-state index contributed by atoms with van der Waals surface area (Å²) in [5, 5.41) is 0. The first-order valence-electron chi connectivity index (χ1n) is 8.79. The molecule has 1 aliphatic rings. The van der Waals surface area contributed by atoms with Gasteiger partial charge in [-0.1, -0.05) is 29.8 Å². The third-order valence-electron chi connectivity index (χ3n) is 4.51. The van der Waals surface area contributed by atoms with Crippen molar-refractivity contribution in [3.8, 4) is 11.5 Å². The van der Waals surface area contributed by atoms with Crippen molar-refractivity contribution in [2.45, 2.75) is 13.8 Å². The lowest BCUT2D eigenvalue weighted by Crippen LogP contribution is -2.09. The molecule has 1 aromatic heterocycles. The number of hydrogen-bond acceptors (Lipinski definition) is 5. The molecule has 28 heavy (non-hydrogen) atoms. The molecule has 0 unspecified atom stereocenters. The molecule has 1 aliphatic heterocycles. The number of ether oxygens (including phenoxy) is 2. The molecule has 0 N–H and O–H groups in total. The SMILES string of the molecule is Cc1ccc(/C=C2\Oc3c(ccc(OC(=O)c4cccnc4)c3C)C2=O)cc1. The average molecular weight is 371 g/mol. The summed E-state index contributed by atoms with van der Waals surface area (Å²) >= 11 is 0. The number of pyridine rings is 1. The molecule has 0 fully saturated rings. The number of ketones is 1. The molecule has 0 atom stereocenters. The standard InChI is InChI=1S/C23H17NO4/c1-14-5-7-16(8-6-14)12-20-21(25)18-9-10-19(15(2)22(18)27-20)28-23(26)17-4-3-11-24-13-17/h3-13H,1-2H3/b20-12-. The van der Waals surface area contributed by atoms with E-state index < -0.39 is 5.97 Å². The maximum absolute atomic E-state index is 12.7. The molecule has 0 radical (unpaired) electrons. The summed E-state index contributed by atoms with van der Waals surface area (Å²) in [6.45, 7) is 3.76. The van der Waals surface area contributed by atoms with Crippen LogP contribution in [-0.2, 0) is 0 Å². The van der Waals surface area contributed by atoms with Crippen molar-refractivity contribution >= 4 is 17.8 Å². The molecule has 5 nitrogen and oxygen atoms in total. The molecular formula is C23H17NO4. The minimum Gasteiger partial charge on any atom is -0.452 e. The summed E-state index contributed by atoms with van der Waals surface area (Å²) in [5.74, 6) is 0.300. The number of aryl methyl sites for hydroxylation is 1. The van der Waals surface area contributed by atoms with Crippen LogP contribution in [0.1, 0.15) is 37.4 Å². The first-order valence-corrected chi connectivity index (χ1v) is 8.79. The number of hydrogen-bond donors (Lipinski definition) is 0. The maximum atomic E-state index is 12.7. The molecule has 0 bridgehead atoms. The van der Waals surface area contributed by atoms with Crippen molar-refractivity contribution in [1.82, 2.24) is 4.98 Å². The van der Waals surface area contributed by atoms with Gasteiger partial charge in [0.2, 0.25) is 5.78 Å². The van der Waals surface area contributed by atoms with Crippen LogP contribution in [0.2, 0.25) is 0 Å². The van der Waals surface area contributed by atoms with Crippen LogP contribution in [0.5, 0.6) is 11.5 Å². The summed E-state index contributed by atoms with van der Waals surface area (Å²) in [5.41, 5.74) is 3.41. The summed E-state index contributed by atoms with van der Waals surface area (Å²) < 4.78 is 11.3. The second kappa shape index (κ2) is 7.12. The third-order valence-corrected chi connectivity index (χ3v) is 4.51. The number of esters is 1. The van der Waals surface area contributed by atoms with Gasteiger partial charge in [-0.2, -0.15) is 0 Å². The molecular weight excluding hydrogens is 354 g/mol. The fraction of sp³-hybridized carbons (Fsp3) is 0.0870. The molecule has 2 heterocycles. The van der Waals surface area contributed by atoms with E-state index in [1.807, 2.05) is 31.2 Å². The van der Waals surface area contributed by atoms with Gasteiger partial charge in [0, 0.05) is 18.0 Å². The topological polar surface area (TPSA) is 65.5 Å². The highest BCUT2D eigenvalue weighted by molar-refractivity contribution is 6.15. The number of rotatable bonds is 3. The van der Waals surface area contributed by atoms with Gasteiger partial charge in [0.25, 0.3) is 0 Å². The Kier molecular flexibility index (Phi) is 4.49. The van der Waals surface area contributed by atoms with E-state index in [0.29, 0.717) is 28.2 Å². The predicted molar refractivity (Wildman–Crippen MR) is 104 cm³/mol. The number of Topliss-reactive ketones (excluding diaryl/α,β-unsaturated/α-hetero) is 1. The molecule has 138 valence electrons. The van der Waals surface area contributed by atoms with Crippen LogP contribution in [-0.4, -0.2) is 16.7 Å². The largest absolute Gasteiger partial charge is 0.452 e. The third kappa shape index (κ3) is 3.30. The summed E-state index contributed by atoms with van der Waals surface area (Å²) in [4.78, 5) is 28.9. The molecule has 2 aromatic carbocycles. The van der Waals surface area contributed by atoms with Crippen molar-refractivity contribution in [2.75, 3.05) is 0 Å². The van der Waals surface area contributed by atoms with E-state index in [-0.39, 0.29) is 11.5 Å². The Bertz CT molecular complexity index is 1100. The van der Waals surface area contributed by atoms with Gasteiger partial charge in [-0.25, -0.2) is 4.79 Å². The molecule has 0 amide bonds. The first-order chi connectivity index (χ1) is 13.5. The van der Waals surface area contributed by atoms with Gasteiger partial charge in [-0.3, -0.25) is 9.78 Å². The number of nitrogens with zero attached hydrogens (tertiary/aromatic N) is 1. The molecule has 0 aliphatic carbocycles. The number of aromatic nitrogens is 1. The van der Waals surface area contributed by atoms with Crippen molar-refractivity contribution < 1.29 is 19.1 Å². The van der Waals surface area contributed by atoms with E-state index in [1.165, 1.54) is 6.20 Å². The van der Waals surface area contributed by atoms with E-state index in [0.717, 1.165) is 11.1 Å². The van der Waals surface area contributed by atoms with Crippen LogP contribution in [0.25, 0.3) is 6.08 Å². The lowest BCUT2D eigenvalue weighted by molar-refractivity contribution is 0.0732.